The molecule has 6 nitrogen and oxygen atoms in total. The number of nitrogens with one attached hydrogen (secondary N) is 1. The summed E-state index contributed by atoms with van der Waals surface area (Å²) in [5, 5.41) is 4.06. The van der Waals surface area contributed by atoms with Gasteiger partial charge in [0.25, 0.3) is 5.91 Å². The van der Waals surface area contributed by atoms with E-state index in [-0.39, 0.29) is 18.3 Å². The summed E-state index contributed by atoms with van der Waals surface area (Å²) in [6.07, 6.45) is 0.812. The number of carbonyl (C=O) groups excluding carboxylic acids is 1. The van der Waals surface area contributed by atoms with Crippen LogP contribution in [0.5, 0.6) is 11.5 Å². The van der Waals surface area contributed by atoms with Crippen LogP contribution in [0.15, 0.2) is 59.7 Å². The first-order valence-electron chi connectivity index (χ1n) is 9.19. The van der Waals surface area contributed by atoms with E-state index in [4.69, 9.17) is 9.47 Å². The third-order valence-electron chi connectivity index (χ3n) is 4.73. The molecule has 7 heteroatoms. The molecule has 2 aromatic carbocycles. The minimum Gasteiger partial charge on any atom is -0.485 e. The van der Waals surface area contributed by atoms with Crippen molar-refractivity contribution in [2.24, 2.45) is 5.10 Å². The van der Waals surface area contributed by atoms with E-state index in [1.54, 1.807) is 30.5 Å². The Morgan fingerprint density at radius 1 is 1.17 bits per heavy atom. The zero-order valence-corrected chi connectivity index (χ0v) is 16.1. The van der Waals surface area contributed by atoms with Crippen LogP contribution in [0.1, 0.15) is 17.0 Å². The molecular weight excluding hydrogens is 373 g/mol. The molecule has 1 aliphatic rings. The molecule has 0 spiro atoms. The highest BCUT2D eigenvalue weighted by Gasteiger charge is 2.27. The maximum absolute atomic E-state index is 13.2. The lowest BCUT2D eigenvalue weighted by molar-refractivity contribution is -0.130. The number of nitrogens with zero attached hydrogens (tertiary/aromatic N) is 2. The standard InChI is InChI=1S/C22H20FN3O3/c1-14-11-16(15(2)26(14)18-9-7-17(23)8-10-18)12-24-25-22(27)21-13-28-19-5-3-4-6-20(19)29-21/h3-12,21H,13H2,1-2H3,(H,25,27)/b24-12-/t21-/m0/s1. The molecule has 0 radical (unpaired) electrons. The van der Waals surface area contributed by atoms with Crippen LogP contribution in [0.3, 0.4) is 0 Å². The smallest absolute Gasteiger partial charge is 0.284 e. The van der Waals surface area contributed by atoms with Crippen molar-refractivity contribution < 1.29 is 18.7 Å². The molecular formula is C22H20FN3O3. The summed E-state index contributed by atoms with van der Waals surface area (Å²) in [7, 11) is 0. The lowest BCUT2D eigenvalue weighted by atomic mass is 10.2. The minimum absolute atomic E-state index is 0.122. The molecule has 4 rings (SSSR count). The Labute approximate surface area is 167 Å². The number of carbonyl (C=O) groups is 1. The van der Waals surface area contributed by atoms with Gasteiger partial charge in [-0.25, -0.2) is 9.82 Å². The second kappa shape index (κ2) is 7.79. The zero-order valence-electron chi connectivity index (χ0n) is 16.1. The monoisotopic (exact) mass is 393 g/mol. The maximum atomic E-state index is 13.2. The summed E-state index contributed by atoms with van der Waals surface area (Å²) < 4.78 is 26.4. The summed E-state index contributed by atoms with van der Waals surface area (Å²) in [5.41, 5.74) is 6.11. The van der Waals surface area contributed by atoms with E-state index in [0.29, 0.717) is 11.5 Å². The molecule has 0 saturated heterocycles. The number of aryl methyl sites for hydroxylation is 1. The fourth-order valence-electron chi connectivity index (χ4n) is 3.29. The lowest BCUT2D eigenvalue weighted by Crippen LogP contribution is -2.42. The van der Waals surface area contributed by atoms with Gasteiger partial charge in [0, 0.05) is 22.6 Å². The molecule has 0 unspecified atom stereocenters. The van der Waals surface area contributed by atoms with E-state index in [2.05, 4.69) is 10.5 Å². The summed E-state index contributed by atoms with van der Waals surface area (Å²) in [4.78, 5) is 12.3. The van der Waals surface area contributed by atoms with Crippen LogP contribution < -0.4 is 14.9 Å². The van der Waals surface area contributed by atoms with Crippen LogP contribution >= 0.6 is 0 Å². The fourth-order valence-corrected chi connectivity index (χ4v) is 3.29. The second-order valence-electron chi connectivity index (χ2n) is 6.74. The second-order valence-corrected chi connectivity index (χ2v) is 6.74. The molecule has 0 bridgehead atoms. The van der Waals surface area contributed by atoms with Crippen molar-refractivity contribution in [3.05, 3.63) is 77.4 Å². The number of rotatable bonds is 4. The molecule has 3 aromatic rings. The van der Waals surface area contributed by atoms with Crippen molar-refractivity contribution >= 4 is 12.1 Å². The van der Waals surface area contributed by atoms with Crippen LogP contribution in [-0.2, 0) is 4.79 Å². The quantitative estimate of drug-likeness (QED) is 0.545. The predicted octanol–water partition coefficient (Wildman–Crippen LogP) is 3.52. The molecule has 148 valence electrons. The number of ether oxygens (including phenoxy) is 2. The fraction of sp³-hybridized carbons (Fsp3) is 0.182. The number of benzene rings is 2. The highest BCUT2D eigenvalue weighted by atomic mass is 19.1. The van der Waals surface area contributed by atoms with Gasteiger partial charge in [-0.05, 0) is 56.3 Å². The molecule has 0 saturated carbocycles. The van der Waals surface area contributed by atoms with Gasteiger partial charge in [0.1, 0.15) is 12.4 Å². The number of aromatic nitrogens is 1. The van der Waals surface area contributed by atoms with Gasteiger partial charge in [-0.3, -0.25) is 4.79 Å². The van der Waals surface area contributed by atoms with E-state index in [1.807, 2.05) is 36.6 Å². The van der Waals surface area contributed by atoms with Crippen molar-refractivity contribution in [1.82, 2.24) is 9.99 Å². The molecule has 29 heavy (non-hydrogen) atoms. The van der Waals surface area contributed by atoms with Gasteiger partial charge >= 0.3 is 0 Å². The Bertz CT molecular complexity index is 1070. The third-order valence-corrected chi connectivity index (χ3v) is 4.73. The molecule has 1 aliphatic heterocycles. The van der Waals surface area contributed by atoms with Crippen molar-refractivity contribution in [3.8, 4) is 17.2 Å². The van der Waals surface area contributed by atoms with E-state index in [1.165, 1.54) is 12.1 Å². The Kier molecular flexibility index (Phi) is 5.03. The van der Waals surface area contributed by atoms with Crippen molar-refractivity contribution in [2.75, 3.05) is 6.61 Å². The van der Waals surface area contributed by atoms with Gasteiger partial charge in [0.15, 0.2) is 11.5 Å². The summed E-state index contributed by atoms with van der Waals surface area (Å²) >= 11 is 0. The first kappa shape index (κ1) is 18.7. The van der Waals surface area contributed by atoms with Crippen molar-refractivity contribution in [3.63, 3.8) is 0 Å². The number of para-hydroxylation sites is 2. The lowest BCUT2D eigenvalue weighted by Gasteiger charge is -2.24. The van der Waals surface area contributed by atoms with Gasteiger partial charge in [0.2, 0.25) is 6.10 Å². The topological polar surface area (TPSA) is 64.8 Å². The Balaban J connectivity index is 1.44. The average Bonchev–Trinajstić information content (AvgIpc) is 3.01. The van der Waals surface area contributed by atoms with Crippen LogP contribution in [0, 0.1) is 19.7 Å². The van der Waals surface area contributed by atoms with Gasteiger partial charge in [0.05, 0.1) is 6.21 Å². The number of hydrogen-bond donors (Lipinski definition) is 1. The van der Waals surface area contributed by atoms with E-state index < -0.39 is 6.10 Å². The highest BCUT2D eigenvalue weighted by Crippen LogP contribution is 2.30. The first-order chi connectivity index (χ1) is 14.0. The molecule has 2 heterocycles. The van der Waals surface area contributed by atoms with Crippen molar-refractivity contribution in [2.45, 2.75) is 20.0 Å². The van der Waals surface area contributed by atoms with Crippen molar-refractivity contribution in [1.29, 1.82) is 0 Å². The number of fused-ring (bicyclic) bond motifs is 1. The minimum atomic E-state index is -0.770. The molecule has 1 amide bonds. The Hall–Kier alpha value is -3.61. The number of hydrogen-bond acceptors (Lipinski definition) is 4. The number of halogens is 1. The number of amides is 1. The molecule has 1 N–H and O–H groups in total. The summed E-state index contributed by atoms with van der Waals surface area (Å²) in [6.45, 7) is 4.02. The normalized spacial score (nSPS) is 15.5. The number of hydrazone groups is 1. The average molecular weight is 393 g/mol. The van der Waals surface area contributed by atoms with Crippen LogP contribution in [-0.4, -0.2) is 29.4 Å². The molecule has 1 aromatic heterocycles. The van der Waals surface area contributed by atoms with E-state index in [9.17, 15) is 9.18 Å². The van der Waals surface area contributed by atoms with Gasteiger partial charge in [-0.15, -0.1) is 0 Å². The van der Waals surface area contributed by atoms with Crippen LogP contribution in [0.4, 0.5) is 4.39 Å². The largest absolute Gasteiger partial charge is 0.485 e. The van der Waals surface area contributed by atoms with E-state index >= 15 is 0 Å². The van der Waals surface area contributed by atoms with Crippen LogP contribution in [0.2, 0.25) is 0 Å². The summed E-state index contributed by atoms with van der Waals surface area (Å²) in [6, 6.07) is 15.4. The highest BCUT2D eigenvalue weighted by molar-refractivity contribution is 5.86. The van der Waals surface area contributed by atoms with Gasteiger partial charge in [-0.1, -0.05) is 12.1 Å². The Morgan fingerprint density at radius 2 is 1.90 bits per heavy atom. The van der Waals surface area contributed by atoms with Crippen LogP contribution in [0.25, 0.3) is 5.69 Å². The van der Waals surface area contributed by atoms with E-state index in [0.717, 1.165) is 22.6 Å². The molecule has 0 fully saturated rings. The molecule has 0 aliphatic carbocycles. The maximum Gasteiger partial charge on any atom is 0.284 e. The van der Waals surface area contributed by atoms with Gasteiger partial charge in [-0.2, -0.15) is 5.10 Å². The summed E-state index contributed by atoms with van der Waals surface area (Å²) in [5.74, 6) is 0.486. The Morgan fingerprint density at radius 3 is 2.66 bits per heavy atom. The SMILES string of the molecule is Cc1cc(/C=N\NC(=O)[C@@H]2COc3ccccc3O2)c(C)n1-c1ccc(F)cc1. The molecule has 1 atom stereocenters. The first-order valence-corrected chi connectivity index (χ1v) is 9.19. The van der Waals surface area contributed by atoms with Gasteiger partial charge < -0.3 is 14.0 Å². The predicted molar refractivity (Wildman–Crippen MR) is 107 cm³/mol. The third kappa shape index (κ3) is 3.85. The zero-order chi connectivity index (χ0) is 20.4.